The average Bonchev–Trinajstić information content (AvgIpc) is 2.41. The number of rotatable bonds is 2. The second-order valence-electron chi connectivity index (χ2n) is 5.44. The number of amides is 1. The summed E-state index contributed by atoms with van der Waals surface area (Å²) in [6.07, 6.45) is 1.92. The molecule has 104 valence electrons. The third-order valence-electron chi connectivity index (χ3n) is 4.11. The van der Waals surface area contributed by atoms with Gasteiger partial charge in [0.15, 0.2) is 0 Å². The summed E-state index contributed by atoms with van der Waals surface area (Å²) in [5, 5.41) is 9.67. The van der Waals surface area contributed by atoms with Crippen LogP contribution in [0, 0.1) is 12.8 Å². The number of phenolic OH excluding ortho intramolecular Hbond substituents is 1. The zero-order valence-electron chi connectivity index (χ0n) is 11.6. The molecule has 1 aliphatic rings. The van der Waals surface area contributed by atoms with Gasteiger partial charge in [-0.3, -0.25) is 4.79 Å². The molecule has 2 rings (SSSR count). The van der Waals surface area contributed by atoms with Gasteiger partial charge in [-0.2, -0.15) is 0 Å². The number of aromatic hydroxyl groups is 1. The summed E-state index contributed by atoms with van der Waals surface area (Å²) in [5.41, 5.74) is 7.16. The van der Waals surface area contributed by atoms with E-state index in [1.807, 2.05) is 11.8 Å². The quantitative estimate of drug-likeness (QED) is 0.855. The largest absolute Gasteiger partial charge is 0.508 e. The van der Waals surface area contributed by atoms with Gasteiger partial charge in [-0.15, -0.1) is 0 Å². The summed E-state index contributed by atoms with van der Waals surface area (Å²) in [6.45, 7) is 5.30. The first kappa shape index (κ1) is 13.9. The predicted molar refractivity (Wildman–Crippen MR) is 75.1 cm³/mol. The Balaban J connectivity index is 2.07. The minimum Gasteiger partial charge on any atom is -0.508 e. The Morgan fingerprint density at radius 1 is 1.42 bits per heavy atom. The van der Waals surface area contributed by atoms with Gasteiger partial charge in [-0.1, -0.05) is 6.07 Å². The Bertz CT molecular complexity index is 463. The van der Waals surface area contributed by atoms with Crippen molar-refractivity contribution in [3.63, 3.8) is 0 Å². The van der Waals surface area contributed by atoms with Crippen molar-refractivity contribution in [2.24, 2.45) is 11.7 Å². The van der Waals surface area contributed by atoms with Crippen LogP contribution in [0.25, 0.3) is 0 Å². The number of nitrogens with zero attached hydrogens (tertiary/aromatic N) is 1. The molecule has 19 heavy (non-hydrogen) atoms. The summed E-state index contributed by atoms with van der Waals surface area (Å²) in [5.74, 6) is 0.696. The maximum Gasteiger partial charge on any atom is 0.254 e. The minimum atomic E-state index is 0.0107. The Labute approximate surface area is 114 Å². The molecule has 1 atom stereocenters. The van der Waals surface area contributed by atoms with Gasteiger partial charge in [0, 0.05) is 30.3 Å². The normalized spacial score (nSPS) is 18.4. The third-order valence-corrected chi connectivity index (χ3v) is 4.11. The number of hydrogen-bond donors (Lipinski definition) is 2. The summed E-state index contributed by atoms with van der Waals surface area (Å²) in [6, 6.07) is 5.29. The molecule has 1 unspecified atom stereocenters. The van der Waals surface area contributed by atoms with Crippen LogP contribution in [0.1, 0.15) is 35.7 Å². The van der Waals surface area contributed by atoms with Crippen LogP contribution in [0.5, 0.6) is 5.75 Å². The Hall–Kier alpha value is -1.55. The summed E-state index contributed by atoms with van der Waals surface area (Å²) < 4.78 is 0. The molecule has 1 heterocycles. The highest BCUT2D eigenvalue weighted by molar-refractivity contribution is 5.96. The fourth-order valence-electron chi connectivity index (χ4n) is 2.65. The van der Waals surface area contributed by atoms with E-state index in [1.165, 1.54) is 0 Å². The second-order valence-corrected chi connectivity index (χ2v) is 5.44. The topological polar surface area (TPSA) is 66.6 Å². The van der Waals surface area contributed by atoms with Crippen molar-refractivity contribution in [3.05, 3.63) is 29.3 Å². The van der Waals surface area contributed by atoms with Crippen molar-refractivity contribution in [1.82, 2.24) is 4.90 Å². The highest BCUT2D eigenvalue weighted by Crippen LogP contribution is 2.24. The van der Waals surface area contributed by atoms with E-state index in [0.29, 0.717) is 17.0 Å². The monoisotopic (exact) mass is 262 g/mol. The SMILES string of the molecule is Cc1c(O)cccc1C(=O)N1CCC(C(C)N)CC1. The van der Waals surface area contributed by atoms with E-state index < -0.39 is 0 Å². The van der Waals surface area contributed by atoms with Gasteiger partial charge < -0.3 is 15.7 Å². The van der Waals surface area contributed by atoms with Crippen LogP contribution in [-0.2, 0) is 0 Å². The maximum atomic E-state index is 12.4. The van der Waals surface area contributed by atoms with E-state index >= 15 is 0 Å². The lowest BCUT2D eigenvalue weighted by Crippen LogP contribution is -2.42. The molecule has 0 radical (unpaired) electrons. The van der Waals surface area contributed by atoms with Crippen molar-refractivity contribution >= 4 is 5.91 Å². The van der Waals surface area contributed by atoms with Crippen molar-refractivity contribution in [1.29, 1.82) is 0 Å². The van der Waals surface area contributed by atoms with Gasteiger partial charge in [0.05, 0.1) is 0 Å². The van der Waals surface area contributed by atoms with Gasteiger partial charge in [0.2, 0.25) is 0 Å². The molecule has 0 spiro atoms. The lowest BCUT2D eigenvalue weighted by Gasteiger charge is -2.34. The summed E-state index contributed by atoms with van der Waals surface area (Å²) >= 11 is 0. The first-order chi connectivity index (χ1) is 9.00. The first-order valence-corrected chi connectivity index (χ1v) is 6.84. The zero-order chi connectivity index (χ0) is 14.0. The molecule has 0 aliphatic carbocycles. The minimum absolute atomic E-state index is 0.0107. The molecule has 1 aliphatic heterocycles. The van der Waals surface area contributed by atoms with E-state index in [2.05, 4.69) is 0 Å². The van der Waals surface area contributed by atoms with E-state index in [9.17, 15) is 9.90 Å². The highest BCUT2D eigenvalue weighted by atomic mass is 16.3. The van der Waals surface area contributed by atoms with E-state index in [0.717, 1.165) is 25.9 Å². The number of phenols is 1. The molecule has 0 saturated carbocycles. The van der Waals surface area contributed by atoms with Crippen molar-refractivity contribution < 1.29 is 9.90 Å². The molecule has 1 amide bonds. The molecular weight excluding hydrogens is 240 g/mol. The van der Waals surface area contributed by atoms with Crippen molar-refractivity contribution in [2.45, 2.75) is 32.7 Å². The lowest BCUT2D eigenvalue weighted by molar-refractivity contribution is 0.0680. The predicted octanol–water partition coefficient (Wildman–Crippen LogP) is 1.90. The van der Waals surface area contributed by atoms with Crippen LogP contribution in [0.3, 0.4) is 0 Å². The highest BCUT2D eigenvalue weighted by Gasteiger charge is 2.26. The van der Waals surface area contributed by atoms with Crippen LogP contribution in [0.2, 0.25) is 0 Å². The molecule has 1 fully saturated rings. The molecule has 0 aromatic heterocycles. The first-order valence-electron chi connectivity index (χ1n) is 6.84. The molecule has 3 N–H and O–H groups in total. The maximum absolute atomic E-state index is 12.4. The number of hydrogen-bond acceptors (Lipinski definition) is 3. The number of nitrogens with two attached hydrogens (primary N) is 1. The standard InChI is InChI=1S/C15H22N2O2/c1-10-13(4-3-5-14(10)18)15(19)17-8-6-12(7-9-17)11(2)16/h3-5,11-12,18H,6-9,16H2,1-2H3. The van der Waals surface area contributed by atoms with Gasteiger partial charge in [0.1, 0.15) is 5.75 Å². The molecular formula is C15H22N2O2. The summed E-state index contributed by atoms with van der Waals surface area (Å²) in [4.78, 5) is 14.3. The van der Waals surface area contributed by atoms with Crippen LogP contribution in [-0.4, -0.2) is 35.0 Å². The van der Waals surface area contributed by atoms with E-state index in [1.54, 1.807) is 25.1 Å². The number of piperidine rings is 1. The molecule has 4 nitrogen and oxygen atoms in total. The fraction of sp³-hybridized carbons (Fsp3) is 0.533. The van der Waals surface area contributed by atoms with Gasteiger partial charge in [0.25, 0.3) is 5.91 Å². The lowest BCUT2D eigenvalue weighted by atomic mass is 9.90. The van der Waals surface area contributed by atoms with E-state index in [-0.39, 0.29) is 17.7 Å². The average molecular weight is 262 g/mol. The zero-order valence-corrected chi connectivity index (χ0v) is 11.6. The smallest absolute Gasteiger partial charge is 0.254 e. The molecule has 1 aromatic carbocycles. The van der Waals surface area contributed by atoms with Gasteiger partial charge >= 0.3 is 0 Å². The Morgan fingerprint density at radius 3 is 2.63 bits per heavy atom. The number of likely N-dealkylation sites (tertiary alicyclic amines) is 1. The Morgan fingerprint density at radius 2 is 2.05 bits per heavy atom. The number of carbonyl (C=O) groups excluding carboxylic acids is 1. The number of carbonyl (C=O) groups is 1. The van der Waals surface area contributed by atoms with Crippen LogP contribution >= 0.6 is 0 Å². The molecule has 0 bridgehead atoms. The Kier molecular flexibility index (Phi) is 4.10. The third kappa shape index (κ3) is 2.89. The fourth-order valence-corrected chi connectivity index (χ4v) is 2.65. The van der Waals surface area contributed by atoms with Crippen molar-refractivity contribution in [2.75, 3.05) is 13.1 Å². The number of benzene rings is 1. The van der Waals surface area contributed by atoms with Gasteiger partial charge in [-0.05, 0) is 44.7 Å². The second kappa shape index (κ2) is 5.61. The molecule has 4 heteroatoms. The molecule has 1 saturated heterocycles. The van der Waals surface area contributed by atoms with Crippen LogP contribution < -0.4 is 5.73 Å². The summed E-state index contributed by atoms with van der Waals surface area (Å²) in [7, 11) is 0. The van der Waals surface area contributed by atoms with E-state index in [4.69, 9.17) is 5.73 Å². The van der Waals surface area contributed by atoms with Gasteiger partial charge in [-0.25, -0.2) is 0 Å². The van der Waals surface area contributed by atoms with Crippen LogP contribution in [0.4, 0.5) is 0 Å². The van der Waals surface area contributed by atoms with Crippen LogP contribution in [0.15, 0.2) is 18.2 Å². The van der Waals surface area contributed by atoms with Crippen molar-refractivity contribution in [3.8, 4) is 5.75 Å². The molecule has 1 aromatic rings.